The zero-order valence-corrected chi connectivity index (χ0v) is 13.0. The summed E-state index contributed by atoms with van der Waals surface area (Å²) in [4.78, 5) is 15.5. The van der Waals surface area contributed by atoms with E-state index in [1.807, 2.05) is 12.1 Å². The second-order valence-corrected chi connectivity index (χ2v) is 5.87. The first kappa shape index (κ1) is 15.6. The Morgan fingerprint density at radius 1 is 1.38 bits per heavy atom. The van der Waals surface area contributed by atoms with E-state index in [4.69, 9.17) is 0 Å². The Labute approximate surface area is 125 Å². The summed E-state index contributed by atoms with van der Waals surface area (Å²) in [5, 5.41) is 14.3. The largest absolute Gasteiger partial charge is 0.382 e. The average molecular weight is 292 g/mol. The number of hydrogen-bond donors (Lipinski definition) is 1. The third-order valence-electron chi connectivity index (χ3n) is 4.05. The number of benzene rings is 1. The lowest BCUT2D eigenvalue weighted by Crippen LogP contribution is -2.37. The van der Waals surface area contributed by atoms with Crippen molar-refractivity contribution in [3.8, 4) is 0 Å². The molecule has 1 heterocycles. The molecule has 21 heavy (non-hydrogen) atoms. The maximum atomic E-state index is 11.4. The number of nitrogens with zero attached hydrogens (tertiary/aromatic N) is 3. The SMILES string of the molecule is CNc1cccc(N2CCC(CN(C)C)CC2)c1[N+](=O)[O-]. The molecule has 1 aromatic carbocycles. The standard InChI is InChI=1S/C15H24N4O2/c1-16-13-5-4-6-14(15(13)19(20)21)18-9-7-12(8-10-18)11-17(2)3/h4-6,12,16H,7-11H2,1-3H3. The Hall–Kier alpha value is -1.82. The van der Waals surface area contributed by atoms with Crippen LogP contribution in [0.3, 0.4) is 0 Å². The lowest BCUT2D eigenvalue weighted by atomic mass is 9.96. The van der Waals surface area contributed by atoms with Crippen molar-refractivity contribution >= 4 is 17.1 Å². The van der Waals surface area contributed by atoms with Gasteiger partial charge in [0, 0.05) is 26.7 Å². The van der Waals surface area contributed by atoms with Crippen LogP contribution in [-0.2, 0) is 0 Å². The van der Waals surface area contributed by atoms with Crippen LogP contribution in [0.4, 0.5) is 17.1 Å². The summed E-state index contributed by atoms with van der Waals surface area (Å²) in [5.41, 5.74) is 1.49. The minimum absolute atomic E-state index is 0.186. The second kappa shape index (κ2) is 6.76. The third kappa shape index (κ3) is 3.64. The molecule has 6 heteroatoms. The molecular weight excluding hydrogens is 268 g/mol. The highest BCUT2D eigenvalue weighted by Gasteiger charge is 2.27. The van der Waals surface area contributed by atoms with Crippen molar-refractivity contribution in [3.05, 3.63) is 28.3 Å². The van der Waals surface area contributed by atoms with Crippen LogP contribution in [0.25, 0.3) is 0 Å². The van der Waals surface area contributed by atoms with Crippen LogP contribution in [0.2, 0.25) is 0 Å². The lowest BCUT2D eigenvalue weighted by molar-refractivity contribution is -0.383. The number of rotatable bonds is 5. The van der Waals surface area contributed by atoms with E-state index in [1.54, 1.807) is 13.1 Å². The van der Waals surface area contributed by atoms with Crippen molar-refractivity contribution in [1.29, 1.82) is 0 Å². The van der Waals surface area contributed by atoms with Crippen LogP contribution in [0, 0.1) is 16.0 Å². The van der Waals surface area contributed by atoms with Gasteiger partial charge in [0.1, 0.15) is 11.4 Å². The molecule has 0 saturated carbocycles. The van der Waals surface area contributed by atoms with Gasteiger partial charge in [-0.25, -0.2) is 0 Å². The van der Waals surface area contributed by atoms with Gasteiger partial charge in [-0.15, -0.1) is 0 Å². The number of piperidine rings is 1. The Balaban J connectivity index is 2.15. The molecule has 0 radical (unpaired) electrons. The molecule has 0 amide bonds. The van der Waals surface area contributed by atoms with Gasteiger partial charge in [-0.1, -0.05) is 6.07 Å². The quantitative estimate of drug-likeness (QED) is 0.667. The highest BCUT2D eigenvalue weighted by atomic mass is 16.6. The molecule has 6 nitrogen and oxygen atoms in total. The van der Waals surface area contributed by atoms with Crippen molar-refractivity contribution in [1.82, 2.24) is 4.90 Å². The zero-order chi connectivity index (χ0) is 15.4. The molecule has 1 fully saturated rings. The highest BCUT2D eigenvalue weighted by molar-refractivity contribution is 5.77. The van der Waals surface area contributed by atoms with E-state index in [9.17, 15) is 10.1 Å². The van der Waals surface area contributed by atoms with E-state index in [-0.39, 0.29) is 10.6 Å². The summed E-state index contributed by atoms with van der Waals surface area (Å²) >= 11 is 0. The summed E-state index contributed by atoms with van der Waals surface area (Å²) in [6.07, 6.45) is 2.16. The topological polar surface area (TPSA) is 61.6 Å². The number of nitro benzene ring substituents is 1. The van der Waals surface area contributed by atoms with Gasteiger partial charge in [-0.2, -0.15) is 0 Å². The van der Waals surface area contributed by atoms with Gasteiger partial charge >= 0.3 is 5.69 Å². The van der Waals surface area contributed by atoms with Crippen molar-refractivity contribution in [2.45, 2.75) is 12.8 Å². The number of nitrogens with one attached hydrogen (secondary N) is 1. The molecule has 1 aromatic rings. The van der Waals surface area contributed by atoms with Gasteiger partial charge in [-0.05, 0) is 45.0 Å². The monoisotopic (exact) mass is 292 g/mol. The Morgan fingerprint density at radius 2 is 2.05 bits per heavy atom. The van der Waals surface area contributed by atoms with Crippen LogP contribution < -0.4 is 10.2 Å². The predicted molar refractivity (Wildman–Crippen MR) is 86.1 cm³/mol. The predicted octanol–water partition coefficient (Wildman–Crippen LogP) is 2.41. The molecule has 0 spiro atoms. The van der Waals surface area contributed by atoms with E-state index < -0.39 is 0 Å². The van der Waals surface area contributed by atoms with Gasteiger partial charge < -0.3 is 15.1 Å². The fourth-order valence-electron chi connectivity index (χ4n) is 3.05. The smallest absolute Gasteiger partial charge is 0.315 e. The molecule has 0 bridgehead atoms. The second-order valence-electron chi connectivity index (χ2n) is 5.87. The van der Waals surface area contributed by atoms with Gasteiger partial charge in [0.05, 0.1) is 4.92 Å². The van der Waals surface area contributed by atoms with Gasteiger partial charge in [0.15, 0.2) is 0 Å². The molecule has 1 aliphatic rings. The van der Waals surface area contributed by atoms with Crippen molar-refractivity contribution in [3.63, 3.8) is 0 Å². The zero-order valence-electron chi connectivity index (χ0n) is 13.0. The summed E-state index contributed by atoms with van der Waals surface area (Å²) < 4.78 is 0. The molecule has 1 aliphatic heterocycles. The first-order valence-corrected chi connectivity index (χ1v) is 7.37. The third-order valence-corrected chi connectivity index (χ3v) is 4.05. The summed E-state index contributed by atoms with van der Waals surface area (Å²) in [7, 11) is 5.90. The van der Waals surface area contributed by atoms with Crippen LogP contribution in [0.1, 0.15) is 12.8 Å². The van der Waals surface area contributed by atoms with Crippen LogP contribution in [0.15, 0.2) is 18.2 Å². The molecule has 1 saturated heterocycles. The number of anilines is 2. The van der Waals surface area contributed by atoms with Crippen molar-refractivity contribution in [2.24, 2.45) is 5.92 Å². The molecule has 0 aliphatic carbocycles. The Bertz CT molecular complexity index is 496. The number of nitro groups is 1. The van der Waals surface area contributed by atoms with Gasteiger partial charge in [-0.3, -0.25) is 10.1 Å². The van der Waals surface area contributed by atoms with Crippen LogP contribution in [-0.4, -0.2) is 50.6 Å². The van der Waals surface area contributed by atoms with E-state index in [0.29, 0.717) is 11.6 Å². The van der Waals surface area contributed by atoms with Gasteiger partial charge in [0.2, 0.25) is 0 Å². The summed E-state index contributed by atoms with van der Waals surface area (Å²) in [5.74, 6) is 0.683. The first-order valence-electron chi connectivity index (χ1n) is 7.37. The molecule has 0 aromatic heterocycles. The molecule has 0 atom stereocenters. The summed E-state index contributed by atoms with van der Waals surface area (Å²) in [6, 6.07) is 5.48. The van der Waals surface area contributed by atoms with E-state index in [0.717, 1.165) is 38.2 Å². The minimum atomic E-state index is -0.285. The van der Waals surface area contributed by atoms with Crippen molar-refractivity contribution in [2.75, 3.05) is 51.0 Å². The van der Waals surface area contributed by atoms with Crippen LogP contribution >= 0.6 is 0 Å². The van der Waals surface area contributed by atoms with E-state index in [2.05, 4.69) is 29.2 Å². The van der Waals surface area contributed by atoms with E-state index >= 15 is 0 Å². The molecule has 116 valence electrons. The van der Waals surface area contributed by atoms with E-state index in [1.165, 1.54) is 0 Å². The summed E-state index contributed by atoms with van der Waals surface area (Å²) in [6.45, 7) is 2.85. The number of para-hydroxylation sites is 1. The average Bonchev–Trinajstić information content (AvgIpc) is 2.46. The van der Waals surface area contributed by atoms with Gasteiger partial charge in [0.25, 0.3) is 0 Å². The Morgan fingerprint density at radius 3 is 2.57 bits per heavy atom. The fourth-order valence-corrected chi connectivity index (χ4v) is 3.05. The maximum absolute atomic E-state index is 11.4. The maximum Gasteiger partial charge on any atom is 0.315 e. The first-order chi connectivity index (χ1) is 10.0. The lowest BCUT2D eigenvalue weighted by Gasteiger charge is -2.34. The van der Waals surface area contributed by atoms with Crippen molar-refractivity contribution < 1.29 is 4.92 Å². The molecule has 1 N–H and O–H groups in total. The number of hydrogen-bond acceptors (Lipinski definition) is 5. The Kier molecular flexibility index (Phi) is 5.01. The molecule has 2 rings (SSSR count). The molecule has 0 unspecified atom stereocenters. The minimum Gasteiger partial charge on any atom is -0.382 e. The fraction of sp³-hybridized carbons (Fsp3) is 0.600. The normalized spacial score (nSPS) is 16.3. The molecular formula is C15H24N4O2. The highest BCUT2D eigenvalue weighted by Crippen LogP contribution is 2.37. The van der Waals surface area contributed by atoms with Crippen LogP contribution in [0.5, 0.6) is 0 Å².